The van der Waals surface area contributed by atoms with Crippen molar-refractivity contribution in [1.82, 2.24) is 5.32 Å². The Morgan fingerprint density at radius 2 is 2.00 bits per heavy atom. The number of hydrogen-bond donors (Lipinski definition) is 2. The minimum atomic E-state index is -4.41. The van der Waals surface area contributed by atoms with Crippen LogP contribution in [0.2, 0.25) is 0 Å². The van der Waals surface area contributed by atoms with Crippen molar-refractivity contribution in [3.8, 4) is 0 Å². The van der Waals surface area contributed by atoms with Crippen molar-refractivity contribution in [2.24, 2.45) is 5.73 Å². The molecule has 0 aromatic heterocycles. The lowest BCUT2D eigenvalue weighted by molar-refractivity contribution is -0.173. The van der Waals surface area contributed by atoms with Crippen LogP contribution in [0.5, 0.6) is 0 Å². The van der Waals surface area contributed by atoms with Gasteiger partial charge in [-0.15, -0.1) is 0 Å². The molecule has 1 atom stereocenters. The monoisotopic (exact) mass is 306 g/mol. The summed E-state index contributed by atoms with van der Waals surface area (Å²) in [5.41, 5.74) is 5.41. The average Bonchev–Trinajstić information content (AvgIpc) is 2.22. The number of nitrogens with one attached hydrogen (secondary N) is 1. The molecule has 0 radical (unpaired) electrons. The first-order valence-electron chi connectivity index (χ1n) is 5.37. The molecule has 1 unspecified atom stereocenters. The number of halogens is 3. The SMILES string of the molecule is CS(=O)(=O)CCC(N)C(=O)NCCOCC(F)(F)F. The summed E-state index contributed by atoms with van der Waals surface area (Å²) in [7, 11) is -3.21. The molecule has 0 saturated carbocycles. The summed E-state index contributed by atoms with van der Waals surface area (Å²) in [5.74, 6) is -0.856. The second-order valence-corrected chi connectivity index (χ2v) is 6.24. The summed E-state index contributed by atoms with van der Waals surface area (Å²) in [6.07, 6.45) is -3.44. The Hall–Kier alpha value is -0.870. The molecule has 0 aromatic rings. The second kappa shape index (κ2) is 7.65. The minimum Gasteiger partial charge on any atom is -0.370 e. The molecular weight excluding hydrogens is 289 g/mol. The molecule has 114 valence electrons. The van der Waals surface area contributed by atoms with E-state index in [1.54, 1.807) is 0 Å². The third kappa shape index (κ3) is 11.9. The Bertz CT molecular complexity index is 383. The summed E-state index contributed by atoms with van der Waals surface area (Å²) >= 11 is 0. The molecule has 1 amide bonds. The molecule has 19 heavy (non-hydrogen) atoms. The largest absolute Gasteiger partial charge is 0.411 e. The lowest BCUT2D eigenvalue weighted by Crippen LogP contribution is -2.42. The molecule has 0 heterocycles. The Labute approximate surface area is 109 Å². The highest BCUT2D eigenvalue weighted by Gasteiger charge is 2.27. The molecular formula is C9H17F3N2O4S. The van der Waals surface area contributed by atoms with Crippen LogP contribution >= 0.6 is 0 Å². The van der Waals surface area contributed by atoms with Crippen molar-refractivity contribution in [1.29, 1.82) is 0 Å². The van der Waals surface area contributed by atoms with Gasteiger partial charge in [0, 0.05) is 12.8 Å². The van der Waals surface area contributed by atoms with Crippen LogP contribution in [0.1, 0.15) is 6.42 Å². The standard InChI is InChI=1S/C9H17F3N2O4S/c1-19(16,17)5-2-7(13)8(15)14-3-4-18-6-9(10,11)12/h7H,2-6,13H2,1H3,(H,14,15). The van der Waals surface area contributed by atoms with Crippen LogP contribution < -0.4 is 11.1 Å². The fraction of sp³-hybridized carbons (Fsp3) is 0.889. The number of sulfone groups is 1. The van der Waals surface area contributed by atoms with Gasteiger partial charge in [0.05, 0.1) is 18.4 Å². The molecule has 0 aliphatic carbocycles. The van der Waals surface area contributed by atoms with Crippen molar-refractivity contribution >= 4 is 15.7 Å². The van der Waals surface area contributed by atoms with E-state index in [-0.39, 0.29) is 25.3 Å². The molecule has 0 aliphatic rings. The lowest BCUT2D eigenvalue weighted by Gasteiger charge is -2.12. The van der Waals surface area contributed by atoms with Gasteiger partial charge in [0.2, 0.25) is 5.91 Å². The summed E-state index contributed by atoms with van der Waals surface area (Å²) in [5, 5.41) is 2.25. The van der Waals surface area contributed by atoms with E-state index in [9.17, 15) is 26.4 Å². The molecule has 10 heteroatoms. The van der Waals surface area contributed by atoms with E-state index >= 15 is 0 Å². The highest BCUT2D eigenvalue weighted by atomic mass is 32.2. The maximum Gasteiger partial charge on any atom is 0.411 e. The molecule has 0 spiro atoms. The number of ether oxygens (including phenoxy) is 1. The number of carbonyl (C=O) groups is 1. The number of amides is 1. The Morgan fingerprint density at radius 3 is 2.47 bits per heavy atom. The van der Waals surface area contributed by atoms with Crippen LogP contribution in [-0.2, 0) is 19.4 Å². The van der Waals surface area contributed by atoms with Gasteiger partial charge in [-0.05, 0) is 6.42 Å². The van der Waals surface area contributed by atoms with Gasteiger partial charge in [-0.3, -0.25) is 4.79 Å². The van der Waals surface area contributed by atoms with E-state index in [0.717, 1.165) is 6.26 Å². The highest BCUT2D eigenvalue weighted by molar-refractivity contribution is 7.90. The van der Waals surface area contributed by atoms with Gasteiger partial charge in [-0.2, -0.15) is 13.2 Å². The molecule has 0 saturated heterocycles. The summed E-state index contributed by atoms with van der Waals surface area (Å²) in [4.78, 5) is 11.3. The van der Waals surface area contributed by atoms with E-state index in [4.69, 9.17) is 5.73 Å². The van der Waals surface area contributed by atoms with Crippen LogP contribution in [0.15, 0.2) is 0 Å². The molecule has 0 bridgehead atoms. The third-order valence-corrected chi connectivity index (χ3v) is 2.93. The Kier molecular flexibility index (Phi) is 7.30. The van der Waals surface area contributed by atoms with Crippen molar-refractivity contribution in [2.75, 3.05) is 31.8 Å². The smallest absolute Gasteiger partial charge is 0.370 e. The summed E-state index contributed by atoms with van der Waals surface area (Å²) < 4.78 is 61.0. The highest BCUT2D eigenvalue weighted by Crippen LogP contribution is 2.13. The molecule has 0 aliphatic heterocycles. The van der Waals surface area contributed by atoms with Crippen LogP contribution in [-0.4, -0.2) is 58.3 Å². The van der Waals surface area contributed by atoms with Crippen molar-refractivity contribution in [2.45, 2.75) is 18.6 Å². The van der Waals surface area contributed by atoms with E-state index in [1.807, 2.05) is 0 Å². The van der Waals surface area contributed by atoms with Crippen molar-refractivity contribution < 1.29 is 31.1 Å². The van der Waals surface area contributed by atoms with Gasteiger partial charge in [0.1, 0.15) is 16.4 Å². The zero-order chi connectivity index (χ0) is 15.1. The second-order valence-electron chi connectivity index (χ2n) is 3.98. The molecule has 0 rings (SSSR count). The topological polar surface area (TPSA) is 98.5 Å². The lowest BCUT2D eigenvalue weighted by atomic mass is 10.2. The first-order valence-corrected chi connectivity index (χ1v) is 7.43. The van der Waals surface area contributed by atoms with Gasteiger partial charge in [-0.25, -0.2) is 8.42 Å². The minimum absolute atomic E-state index is 0.0475. The Morgan fingerprint density at radius 1 is 1.42 bits per heavy atom. The number of nitrogens with two attached hydrogens (primary N) is 1. The van der Waals surface area contributed by atoms with Gasteiger partial charge in [-0.1, -0.05) is 0 Å². The molecule has 0 fully saturated rings. The number of rotatable bonds is 8. The number of carbonyl (C=O) groups excluding carboxylic acids is 1. The third-order valence-electron chi connectivity index (χ3n) is 1.95. The van der Waals surface area contributed by atoms with Crippen LogP contribution in [0, 0.1) is 0 Å². The van der Waals surface area contributed by atoms with Crippen LogP contribution in [0.3, 0.4) is 0 Å². The molecule has 0 aromatic carbocycles. The van der Waals surface area contributed by atoms with Crippen molar-refractivity contribution in [3.05, 3.63) is 0 Å². The molecule has 3 N–H and O–H groups in total. The maximum atomic E-state index is 11.7. The predicted octanol–water partition coefficient (Wildman–Crippen LogP) is -0.556. The number of hydrogen-bond acceptors (Lipinski definition) is 5. The zero-order valence-corrected chi connectivity index (χ0v) is 11.2. The predicted molar refractivity (Wildman–Crippen MR) is 62.2 cm³/mol. The van der Waals surface area contributed by atoms with E-state index < -0.39 is 34.6 Å². The van der Waals surface area contributed by atoms with Gasteiger partial charge < -0.3 is 15.8 Å². The fourth-order valence-corrected chi connectivity index (χ4v) is 1.72. The molecule has 6 nitrogen and oxygen atoms in total. The summed E-state index contributed by atoms with van der Waals surface area (Å²) in [6, 6.07) is -1.02. The van der Waals surface area contributed by atoms with Crippen LogP contribution in [0.4, 0.5) is 13.2 Å². The van der Waals surface area contributed by atoms with Crippen molar-refractivity contribution in [3.63, 3.8) is 0 Å². The fourth-order valence-electron chi connectivity index (χ4n) is 1.04. The maximum absolute atomic E-state index is 11.7. The average molecular weight is 306 g/mol. The van der Waals surface area contributed by atoms with Gasteiger partial charge in [0.25, 0.3) is 0 Å². The summed E-state index contributed by atoms with van der Waals surface area (Å²) in [6.45, 7) is -1.81. The first-order chi connectivity index (χ1) is 8.51. The Balaban J connectivity index is 3.74. The van der Waals surface area contributed by atoms with E-state index in [2.05, 4.69) is 10.1 Å². The van der Waals surface area contributed by atoms with E-state index in [1.165, 1.54) is 0 Å². The quantitative estimate of drug-likeness (QED) is 0.586. The van der Waals surface area contributed by atoms with Gasteiger partial charge in [0.15, 0.2) is 0 Å². The number of alkyl halides is 3. The van der Waals surface area contributed by atoms with Gasteiger partial charge >= 0.3 is 6.18 Å². The zero-order valence-electron chi connectivity index (χ0n) is 10.4. The van der Waals surface area contributed by atoms with Crippen LogP contribution in [0.25, 0.3) is 0 Å². The van der Waals surface area contributed by atoms with E-state index in [0.29, 0.717) is 0 Å². The normalized spacial score (nSPS) is 14.2. The first kappa shape index (κ1) is 18.1.